The van der Waals surface area contributed by atoms with Crippen molar-refractivity contribution in [3.8, 4) is 5.75 Å². The van der Waals surface area contributed by atoms with Gasteiger partial charge in [0, 0.05) is 16.3 Å². The number of aromatic nitrogens is 1. The van der Waals surface area contributed by atoms with Crippen molar-refractivity contribution in [1.82, 2.24) is 4.98 Å². The van der Waals surface area contributed by atoms with Crippen LogP contribution < -0.4 is 0 Å². The van der Waals surface area contributed by atoms with Gasteiger partial charge in [-0.25, -0.2) is 0 Å². The predicted octanol–water partition coefficient (Wildman–Crippen LogP) is 3.15. The number of hydrogen-bond donors (Lipinski definition) is 2. The van der Waals surface area contributed by atoms with Crippen molar-refractivity contribution < 1.29 is 9.90 Å². The monoisotopic (exact) mass is 225 g/mol. The maximum atomic E-state index is 10.9. The first-order valence-electron chi connectivity index (χ1n) is 5.40. The predicted molar refractivity (Wildman–Crippen MR) is 67.6 cm³/mol. The molecule has 0 spiro atoms. The number of aromatic hydroxyl groups is 1. The van der Waals surface area contributed by atoms with Crippen LogP contribution in [-0.2, 0) is 0 Å². The molecular weight excluding hydrogens is 214 g/mol. The molecule has 0 aliphatic rings. The molecule has 0 radical (unpaired) electrons. The van der Waals surface area contributed by atoms with Crippen LogP contribution in [0.1, 0.15) is 15.9 Å². The van der Waals surface area contributed by atoms with Crippen molar-refractivity contribution in [2.24, 2.45) is 0 Å². The molecule has 0 aliphatic heterocycles. The lowest BCUT2D eigenvalue weighted by molar-refractivity contribution is 0.112. The molecule has 0 saturated heterocycles. The first kappa shape index (κ1) is 9.90. The third-order valence-electron chi connectivity index (χ3n) is 3.14. The Morgan fingerprint density at radius 1 is 1.24 bits per heavy atom. The maximum absolute atomic E-state index is 10.9. The van der Waals surface area contributed by atoms with Crippen molar-refractivity contribution in [1.29, 1.82) is 0 Å². The second-order valence-electron chi connectivity index (χ2n) is 4.17. The first-order valence-corrected chi connectivity index (χ1v) is 5.40. The van der Waals surface area contributed by atoms with E-state index in [9.17, 15) is 9.90 Å². The first-order chi connectivity index (χ1) is 8.22. The summed E-state index contributed by atoms with van der Waals surface area (Å²) in [6.45, 7) is 1.82. The molecule has 1 heterocycles. The molecule has 0 bridgehead atoms. The van der Waals surface area contributed by atoms with Crippen molar-refractivity contribution in [3.63, 3.8) is 0 Å². The van der Waals surface area contributed by atoms with Gasteiger partial charge >= 0.3 is 0 Å². The summed E-state index contributed by atoms with van der Waals surface area (Å²) in [5.41, 5.74) is 2.72. The van der Waals surface area contributed by atoms with Crippen LogP contribution in [0.2, 0.25) is 0 Å². The molecule has 0 unspecified atom stereocenters. The van der Waals surface area contributed by atoms with Crippen LogP contribution >= 0.6 is 0 Å². The minimum Gasteiger partial charge on any atom is -0.505 e. The van der Waals surface area contributed by atoms with Gasteiger partial charge in [0.05, 0.1) is 11.1 Å². The van der Waals surface area contributed by atoms with E-state index in [0.29, 0.717) is 17.4 Å². The lowest BCUT2D eigenvalue weighted by Crippen LogP contribution is -1.88. The zero-order chi connectivity index (χ0) is 12.0. The molecule has 17 heavy (non-hydrogen) atoms. The van der Waals surface area contributed by atoms with E-state index in [2.05, 4.69) is 4.98 Å². The fourth-order valence-corrected chi connectivity index (χ4v) is 2.26. The van der Waals surface area contributed by atoms with Crippen LogP contribution in [0.4, 0.5) is 0 Å². The zero-order valence-electron chi connectivity index (χ0n) is 9.32. The number of benzene rings is 2. The number of rotatable bonds is 1. The van der Waals surface area contributed by atoms with E-state index in [4.69, 9.17) is 0 Å². The van der Waals surface area contributed by atoms with Crippen LogP contribution in [0.15, 0.2) is 30.3 Å². The minimum absolute atomic E-state index is 0.0335. The molecule has 84 valence electrons. The van der Waals surface area contributed by atoms with Gasteiger partial charge in [-0.05, 0) is 24.6 Å². The van der Waals surface area contributed by atoms with Crippen molar-refractivity contribution >= 4 is 28.1 Å². The van der Waals surface area contributed by atoms with E-state index in [-0.39, 0.29) is 5.75 Å². The number of aldehydes is 1. The quantitative estimate of drug-likeness (QED) is 0.625. The number of para-hydroxylation sites is 1. The standard InChI is InChI=1S/C14H11NO2/c1-8-6-10-9-4-2-3-5-12(9)15-13(10)14(17)11(8)7-16/h2-7,15,17H,1H3. The Morgan fingerprint density at radius 3 is 2.76 bits per heavy atom. The highest BCUT2D eigenvalue weighted by Gasteiger charge is 2.13. The van der Waals surface area contributed by atoms with Gasteiger partial charge in [-0.15, -0.1) is 0 Å². The van der Waals surface area contributed by atoms with Gasteiger partial charge in [-0.1, -0.05) is 18.2 Å². The Labute approximate surface area is 97.7 Å². The lowest BCUT2D eigenvalue weighted by Gasteiger charge is -2.03. The van der Waals surface area contributed by atoms with Gasteiger partial charge < -0.3 is 10.1 Å². The fourth-order valence-electron chi connectivity index (χ4n) is 2.26. The average molecular weight is 225 g/mol. The Hall–Kier alpha value is -2.29. The van der Waals surface area contributed by atoms with E-state index < -0.39 is 0 Å². The molecule has 3 nitrogen and oxygen atoms in total. The number of fused-ring (bicyclic) bond motifs is 3. The Bertz CT molecular complexity index is 741. The smallest absolute Gasteiger partial charge is 0.154 e. The third kappa shape index (κ3) is 1.25. The van der Waals surface area contributed by atoms with Gasteiger partial charge in [-0.3, -0.25) is 4.79 Å². The summed E-state index contributed by atoms with van der Waals surface area (Å²) in [4.78, 5) is 14.1. The minimum atomic E-state index is 0.0335. The van der Waals surface area contributed by atoms with E-state index >= 15 is 0 Å². The van der Waals surface area contributed by atoms with Crippen LogP contribution in [0, 0.1) is 6.92 Å². The Balaban J connectivity index is 2.57. The summed E-state index contributed by atoms with van der Waals surface area (Å²) < 4.78 is 0. The number of H-pyrrole nitrogens is 1. The molecule has 0 fully saturated rings. The summed E-state index contributed by atoms with van der Waals surface area (Å²) in [5, 5.41) is 12.1. The molecule has 3 aromatic rings. The number of carbonyl (C=O) groups excluding carboxylic acids is 1. The largest absolute Gasteiger partial charge is 0.505 e. The van der Waals surface area contributed by atoms with Crippen LogP contribution in [-0.4, -0.2) is 16.4 Å². The fraction of sp³-hybridized carbons (Fsp3) is 0.0714. The highest BCUT2D eigenvalue weighted by atomic mass is 16.3. The molecular formula is C14H11NO2. The van der Waals surface area contributed by atoms with Crippen LogP contribution in [0.3, 0.4) is 0 Å². The third-order valence-corrected chi connectivity index (χ3v) is 3.14. The van der Waals surface area contributed by atoms with E-state index in [1.165, 1.54) is 0 Å². The van der Waals surface area contributed by atoms with Gasteiger partial charge in [0.25, 0.3) is 0 Å². The average Bonchev–Trinajstić information content (AvgIpc) is 2.69. The highest BCUT2D eigenvalue weighted by Crippen LogP contribution is 2.34. The van der Waals surface area contributed by atoms with Gasteiger partial charge in [0.1, 0.15) is 5.75 Å². The molecule has 3 rings (SSSR count). The normalized spacial score (nSPS) is 11.1. The van der Waals surface area contributed by atoms with Gasteiger partial charge in [0.2, 0.25) is 0 Å². The zero-order valence-corrected chi connectivity index (χ0v) is 9.32. The molecule has 2 aromatic carbocycles. The van der Waals surface area contributed by atoms with Crippen LogP contribution in [0.25, 0.3) is 21.8 Å². The molecule has 0 saturated carbocycles. The lowest BCUT2D eigenvalue weighted by atomic mass is 10.0. The number of aryl methyl sites for hydroxylation is 1. The van der Waals surface area contributed by atoms with E-state index in [1.807, 2.05) is 37.3 Å². The molecule has 0 atom stereocenters. The number of phenolic OH excluding ortho intramolecular Hbond substituents is 1. The second kappa shape index (κ2) is 3.35. The molecule has 2 N–H and O–H groups in total. The summed E-state index contributed by atoms with van der Waals surface area (Å²) in [6.07, 6.45) is 0.690. The molecule has 1 aromatic heterocycles. The maximum Gasteiger partial charge on any atom is 0.154 e. The number of carbonyl (C=O) groups is 1. The summed E-state index contributed by atoms with van der Waals surface area (Å²) in [5.74, 6) is 0.0335. The van der Waals surface area contributed by atoms with Crippen molar-refractivity contribution in [2.75, 3.05) is 0 Å². The topological polar surface area (TPSA) is 53.1 Å². The Kier molecular flexibility index (Phi) is 1.95. The van der Waals surface area contributed by atoms with Crippen molar-refractivity contribution in [2.45, 2.75) is 6.92 Å². The SMILES string of the molecule is Cc1cc2c([nH]c3ccccc32)c(O)c1C=O. The number of phenols is 1. The second-order valence-corrected chi connectivity index (χ2v) is 4.17. The summed E-state index contributed by atoms with van der Waals surface area (Å²) in [7, 11) is 0. The Morgan fingerprint density at radius 2 is 2.00 bits per heavy atom. The molecule has 0 amide bonds. The van der Waals surface area contributed by atoms with Crippen LogP contribution in [0.5, 0.6) is 5.75 Å². The van der Waals surface area contributed by atoms with Gasteiger partial charge in [0.15, 0.2) is 6.29 Å². The summed E-state index contributed by atoms with van der Waals surface area (Å²) in [6, 6.07) is 9.76. The van der Waals surface area contributed by atoms with Gasteiger partial charge in [-0.2, -0.15) is 0 Å². The molecule has 3 heteroatoms. The van der Waals surface area contributed by atoms with Crippen molar-refractivity contribution in [3.05, 3.63) is 41.5 Å². The van der Waals surface area contributed by atoms with E-state index in [1.54, 1.807) is 0 Å². The number of nitrogens with one attached hydrogen (secondary N) is 1. The summed E-state index contributed by atoms with van der Waals surface area (Å²) >= 11 is 0. The number of aromatic amines is 1. The molecule has 0 aliphatic carbocycles. The highest BCUT2D eigenvalue weighted by molar-refractivity contribution is 6.11. The number of hydrogen-bond acceptors (Lipinski definition) is 2. The van der Waals surface area contributed by atoms with E-state index in [0.717, 1.165) is 21.9 Å².